The van der Waals surface area contributed by atoms with Crippen LogP contribution in [0.2, 0.25) is 0 Å². The van der Waals surface area contributed by atoms with Gasteiger partial charge in [-0.25, -0.2) is 0 Å². The van der Waals surface area contributed by atoms with Crippen LogP contribution < -0.4 is 14.8 Å². The van der Waals surface area contributed by atoms with Crippen molar-refractivity contribution in [2.45, 2.75) is 109 Å². The summed E-state index contributed by atoms with van der Waals surface area (Å²) in [4.78, 5) is 12.8. The zero-order chi connectivity index (χ0) is 23.6. The average molecular weight is 454 g/mol. The van der Waals surface area contributed by atoms with Crippen molar-refractivity contribution in [3.63, 3.8) is 0 Å². The highest BCUT2D eigenvalue weighted by molar-refractivity contribution is 5.93. The maximum absolute atomic E-state index is 12.8. The fraction of sp³-hybridized carbons (Fsp3) is 0.690. The maximum Gasteiger partial charge on any atom is 0.246 e. The third kappa shape index (κ3) is 5.10. The van der Waals surface area contributed by atoms with Crippen LogP contribution in [-0.2, 0) is 10.2 Å². The van der Waals surface area contributed by atoms with Crippen molar-refractivity contribution < 1.29 is 14.3 Å². The summed E-state index contributed by atoms with van der Waals surface area (Å²) in [7, 11) is 0. The Labute approximate surface area is 200 Å². The molecule has 0 aromatic heterocycles. The van der Waals surface area contributed by atoms with Crippen LogP contribution in [0.3, 0.4) is 0 Å². The number of hydrogen-bond donors (Lipinski definition) is 1. The Kier molecular flexibility index (Phi) is 7.12. The molecule has 4 nitrogen and oxygen atoms in total. The van der Waals surface area contributed by atoms with Crippen molar-refractivity contribution in [1.82, 2.24) is 5.32 Å². The van der Waals surface area contributed by atoms with Crippen LogP contribution in [0.1, 0.15) is 109 Å². The van der Waals surface area contributed by atoms with Gasteiger partial charge in [-0.05, 0) is 69.1 Å². The van der Waals surface area contributed by atoms with E-state index >= 15 is 0 Å². The molecule has 1 amide bonds. The summed E-state index contributed by atoms with van der Waals surface area (Å²) in [6.07, 6.45) is 11.9. The van der Waals surface area contributed by atoms with E-state index in [0.29, 0.717) is 19.1 Å². The van der Waals surface area contributed by atoms with Crippen molar-refractivity contribution in [3.05, 3.63) is 34.9 Å². The molecule has 2 atom stereocenters. The van der Waals surface area contributed by atoms with Crippen molar-refractivity contribution >= 4 is 5.91 Å². The molecule has 2 aliphatic heterocycles. The number of benzene rings is 1. The largest absolute Gasteiger partial charge is 0.493 e. The Balaban J connectivity index is 1.75. The lowest BCUT2D eigenvalue weighted by Gasteiger charge is -2.47. The number of carbonyl (C=O) groups is 1. The summed E-state index contributed by atoms with van der Waals surface area (Å²) >= 11 is 0. The van der Waals surface area contributed by atoms with Gasteiger partial charge in [-0.15, -0.1) is 0 Å². The number of carbonyl (C=O) groups excluding carboxylic acids is 1. The SMILES string of the molecule is CCCCCCC(C)(C)c1cc2c3c(c1)OC(C)(C)C1CC=C(CC31)C(=O)NCCCCO2. The molecule has 4 rings (SSSR count). The molecule has 2 heterocycles. The van der Waals surface area contributed by atoms with E-state index in [0.717, 1.165) is 49.2 Å². The molecule has 2 unspecified atom stereocenters. The first-order valence-electron chi connectivity index (χ1n) is 13.2. The number of ether oxygens (including phenoxy) is 2. The maximum atomic E-state index is 12.8. The molecule has 2 bridgehead atoms. The van der Waals surface area contributed by atoms with E-state index < -0.39 is 0 Å². The van der Waals surface area contributed by atoms with Gasteiger partial charge in [-0.2, -0.15) is 0 Å². The molecule has 33 heavy (non-hydrogen) atoms. The van der Waals surface area contributed by atoms with E-state index in [2.05, 4.69) is 58.1 Å². The van der Waals surface area contributed by atoms with Crippen LogP contribution in [0.4, 0.5) is 0 Å². The van der Waals surface area contributed by atoms with Gasteiger partial charge < -0.3 is 14.8 Å². The number of unbranched alkanes of at least 4 members (excludes halogenated alkanes) is 3. The fourth-order valence-corrected chi connectivity index (χ4v) is 5.94. The predicted molar refractivity (Wildman–Crippen MR) is 134 cm³/mol. The quantitative estimate of drug-likeness (QED) is 0.481. The third-order valence-corrected chi connectivity index (χ3v) is 8.13. The van der Waals surface area contributed by atoms with Crippen molar-refractivity contribution in [2.75, 3.05) is 13.2 Å². The normalized spacial score (nSPS) is 24.4. The van der Waals surface area contributed by atoms with Gasteiger partial charge in [-0.1, -0.05) is 52.5 Å². The van der Waals surface area contributed by atoms with E-state index in [1.54, 1.807) is 0 Å². The molecule has 0 saturated carbocycles. The molecule has 0 saturated heterocycles. The number of fused-ring (bicyclic) bond motifs is 1. The Hall–Kier alpha value is -1.97. The first kappa shape index (κ1) is 24.2. The van der Waals surface area contributed by atoms with Crippen LogP contribution in [-0.4, -0.2) is 24.7 Å². The van der Waals surface area contributed by atoms with Crippen LogP contribution in [0.5, 0.6) is 11.5 Å². The second-order valence-electron chi connectivity index (χ2n) is 11.5. The van der Waals surface area contributed by atoms with Crippen molar-refractivity contribution in [2.24, 2.45) is 5.92 Å². The van der Waals surface area contributed by atoms with Crippen LogP contribution in [0.15, 0.2) is 23.8 Å². The fourth-order valence-electron chi connectivity index (χ4n) is 5.94. The van der Waals surface area contributed by atoms with Gasteiger partial charge in [0.25, 0.3) is 0 Å². The molecule has 0 fully saturated rings. The monoisotopic (exact) mass is 453 g/mol. The van der Waals surface area contributed by atoms with Gasteiger partial charge in [0.2, 0.25) is 5.91 Å². The second-order valence-corrected chi connectivity index (χ2v) is 11.5. The lowest BCUT2D eigenvalue weighted by Crippen LogP contribution is -2.46. The van der Waals surface area contributed by atoms with Gasteiger partial charge in [0, 0.05) is 29.5 Å². The third-order valence-electron chi connectivity index (χ3n) is 8.13. The van der Waals surface area contributed by atoms with E-state index in [4.69, 9.17) is 9.47 Å². The Morgan fingerprint density at radius 2 is 1.91 bits per heavy atom. The molecular formula is C29H43NO3. The van der Waals surface area contributed by atoms with Crippen LogP contribution in [0.25, 0.3) is 0 Å². The summed E-state index contributed by atoms with van der Waals surface area (Å²) in [5.74, 6) is 2.63. The van der Waals surface area contributed by atoms with Gasteiger partial charge in [0.15, 0.2) is 0 Å². The van der Waals surface area contributed by atoms with E-state index in [1.165, 1.54) is 36.8 Å². The zero-order valence-electron chi connectivity index (χ0n) is 21.4. The summed E-state index contributed by atoms with van der Waals surface area (Å²) in [5.41, 5.74) is 3.19. The highest BCUT2D eigenvalue weighted by atomic mass is 16.5. The number of rotatable bonds is 6. The number of allylic oxidation sites excluding steroid dienone is 1. The van der Waals surface area contributed by atoms with E-state index in [-0.39, 0.29) is 22.8 Å². The molecule has 1 N–H and O–H groups in total. The average Bonchev–Trinajstić information content (AvgIpc) is 2.77. The minimum absolute atomic E-state index is 0.0637. The van der Waals surface area contributed by atoms with E-state index in [1.807, 2.05) is 0 Å². The highest BCUT2D eigenvalue weighted by Gasteiger charge is 2.47. The molecule has 182 valence electrons. The smallest absolute Gasteiger partial charge is 0.246 e. The van der Waals surface area contributed by atoms with Gasteiger partial charge in [0.05, 0.1) is 6.61 Å². The Morgan fingerprint density at radius 3 is 2.70 bits per heavy atom. The molecule has 0 spiro atoms. The van der Waals surface area contributed by atoms with Crippen LogP contribution in [0, 0.1) is 5.92 Å². The Bertz CT molecular complexity index is 898. The molecule has 1 aliphatic carbocycles. The van der Waals surface area contributed by atoms with Gasteiger partial charge in [-0.3, -0.25) is 4.79 Å². The lowest BCUT2D eigenvalue weighted by molar-refractivity contribution is -0.118. The van der Waals surface area contributed by atoms with E-state index in [9.17, 15) is 4.79 Å². The molecular weight excluding hydrogens is 410 g/mol. The number of amides is 1. The summed E-state index contributed by atoms with van der Waals surface area (Å²) in [6, 6.07) is 4.57. The minimum Gasteiger partial charge on any atom is -0.493 e. The van der Waals surface area contributed by atoms with Gasteiger partial charge >= 0.3 is 0 Å². The standard InChI is InChI=1S/C29H43NO3/c1-6-7-8-9-14-28(2,3)21-18-24-26-22-17-20(27(31)30-15-10-11-16-32-24)12-13-23(22)29(4,5)33-25(26)19-21/h12,18-19,22-23H,6-11,13-17H2,1-5H3,(H,30,31). The topological polar surface area (TPSA) is 47.6 Å². The predicted octanol–water partition coefficient (Wildman–Crippen LogP) is 6.81. The minimum atomic E-state index is -0.283. The van der Waals surface area contributed by atoms with Crippen molar-refractivity contribution in [3.8, 4) is 11.5 Å². The van der Waals surface area contributed by atoms with Crippen LogP contribution >= 0.6 is 0 Å². The highest BCUT2D eigenvalue weighted by Crippen LogP contribution is 2.55. The van der Waals surface area contributed by atoms with Crippen molar-refractivity contribution in [1.29, 1.82) is 0 Å². The molecule has 1 aromatic rings. The molecule has 0 radical (unpaired) electrons. The first-order valence-corrected chi connectivity index (χ1v) is 13.2. The van der Waals surface area contributed by atoms with Gasteiger partial charge in [0.1, 0.15) is 17.1 Å². The zero-order valence-corrected chi connectivity index (χ0v) is 21.4. The molecule has 4 heteroatoms. The summed E-state index contributed by atoms with van der Waals surface area (Å²) in [5, 5.41) is 3.11. The molecule has 3 aliphatic rings. The summed E-state index contributed by atoms with van der Waals surface area (Å²) in [6.45, 7) is 12.8. The lowest BCUT2D eigenvalue weighted by atomic mass is 9.66. The summed E-state index contributed by atoms with van der Waals surface area (Å²) < 4.78 is 13.2. The second kappa shape index (κ2) is 9.72. The number of hydrogen-bond acceptors (Lipinski definition) is 3. The molecule has 1 aromatic carbocycles. The first-order chi connectivity index (χ1) is 15.7. The Morgan fingerprint density at radius 1 is 1.12 bits per heavy atom. The number of nitrogens with one attached hydrogen (secondary N) is 1.